The van der Waals surface area contributed by atoms with Crippen LogP contribution in [0.25, 0.3) is 10.2 Å². The molecule has 0 aliphatic rings. The zero-order valence-corrected chi connectivity index (χ0v) is 7.79. The molecule has 0 saturated carbocycles. The van der Waals surface area contributed by atoms with E-state index < -0.39 is 11.6 Å². The predicted octanol–water partition coefficient (Wildman–Crippen LogP) is 3.14. The van der Waals surface area contributed by atoms with Gasteiger partial charge < -0.3 is 0 Å². The van der Waals surface area contributed by atoms with Crippen LogP contribution in [-0.4, -0.2) is 4.98 Å². The molecule has 2 aromatic rings. The van der Waals surface area contributed by atoms with Gasteiger partial charge in [0.15, 0.2) is 5.82 Å². The van der Waals surface area contributed by atoms with Crippen molar-refractivity contribution in [1.82, 2.24) is 4.98 Å². The number of fused-ring (bicyclic) bond motifs is 1. The van der Waals surface area contributed by atoms with Gasteiger partial charge in [-0.2, -0.15) is 0 Å². The average molecular weight is 199 g/mol. The van der Waals surface area contributed by atoms with Crippen molar-refractivity contribution in [1.29, 1.82) is 0 Å². The quantitative estimate of drug-likeness (QED) is 0.687. The average Bonchev–Trinajstić information content (AvgIpc) is 2.47. The van der Waals surface area contributed by atoms with Gasteiger partial charge in [-0.25, -0.2) is 13.8 Å². The second-order valence-electron chi connectivity index (χ2n) is 2.70. The molecule has 0 radical (unpaired) electrons. The molecule has 2 rings (SSSR count). The van der Waals surface area contributed by atoms with Crippen molar-refractivity contribution in [2.75, 3.05) is 0 Å². The van der Waals surface area contributed by atoms with Crippen molar-refractivity contribution in [2.45, 2.75) is 13.3 Å². The fraction of sp³-hybridized carbons (Fsp3) is 0.222. The van der Waals surface area contributed by atoms with E-state index >= 15 is 0 Å². The van der Waals surface area contributed by atoms with Gasteiger partial charge in [0.1, 0.15) is 11.3 Å². The molecule has 0 fully saturated rings. The summed E-state index contributed by atoms with van der Waals surface area (Å²) in [5, 5.41) is 0.833. The molecule has 13 heavy (non-hydrogen) atoms. The molecule has 0 aliphatic carbocycles. The lowest BCUT2D eigenvalue weighted by Gasteiger charge is -1.90. The number of rotatable bonds is 1. The van der Waals surface area contributed by atoms with Crippen LogP contribution in [0.5, 0.6) is 0 Å². The number of aryl methyl sites for hydroxylation is 1. The van der Waals surface area contributed by atoms with Crippen LogP contribution in [0, 0.1) is 11.6 Å². The van der Waals surface area contributed by atoms with E-state index in [1.54, 1.807) is 0 Å². The first-order valence-electron chi connectivity index (χ1n) is 3.95. The maximum atomic E-state index is 13.1. The molecule has 68 valence electrons. The maximum Gasteiger partial charge on any atom is 0.153 e. The summed E-state index contributed by atoms with van der Waals surface area (Å²) in [6.45, 7) is 1.94. The van der Waals surface area contributed by atoms with E-state index in [-0.39, 0.29) is 5.52 Å². The van der Waals surface area contributed by atoms with Crippen LogP contribution in [0.1, 0.15) is 11.9 Å². The second-order valence-corrected chi connectivity index (χ2v) is 3.81. The summed E-state index contributed by atoms with van der Waals surface area (Å²) in [5.74, 6) is -1.12. The summed E-state index contributed by atoms with van der Waals surface area (Å²) < 4.78 is 26.4. The molecule has 1 aromatic heterocycles. The fourth-order valence-corrected chi connectivity index (χ4v) is 2.10. The standard InChI is InChI=1S/C9H7F2NS/c1-2-8-12-9-6(11)3-5(10)4-7(9)13-8/h3-4H,2H2,1H3. The van der Waals surface area contributed by atoms with Crippen LogP contribution in [0.3, 0.4) is 0 Å². The maximum absolute atomic E-state index is 13.1. The molecular weight excluding hydrogens is 192 g/mol. The third kappa shape index (κ3) is 1.42. The monoisotopic (exact) mass is 199 g/mol. The van der Waals surface area contributed by atoms with Crippen molar-refractivity contribution in [3.63, 3.8) is 0 Å². The van der Waals surface area contributed by atoms with E-state index in [0.717, 1.165) is 17.5 Å². The van der Waals surface area contributed by atoms with Crippen molar-refractivity contribution in [3.05, 3.63) is 28.8 Å². The van der Waals surface area contributed by atoms with Gasteiger partial charge in [-0.1, -0.05) is 6.92 Å². The Balaban J connectivity index is 2.75. The molecule has 0 saturated heterocycles. The summed E-state index contributed by atoms with van der Waals surface area (Å²) in [5.41, 5.74) is 0.281. The van der Waals surface area contributed by atoms with Gasteiger partial charge in [-0.15, -0.1) is 11.3 Å². The number of hydrogen-bond acceptors (Lipinski definition) is 2. The second kappa shape index (κ2) is 3.03. The first kappa shape index (κ1) is 8.56. The number of aromatic nitrogens is 1. The Morgan fingerprint density at radius 1 is 1.38 bits per heavy atom. The molecule has 0 aliphatic heterocycles. The lowest BCUT2D eigenvalue weighted by atomic mass is 10.3. The molecular formula is C9H7F2NS. The highest BCUT2D eigenvalue weighted by Crippen LogP contribution is 2.25. The third-order valence-electron chi connectivity index (χ3n) is 1.76. The van der Waals surface area contributed by atoms with Gasteiger partial charge in [0.25, 0.3) is 0 Å². The summed E-state index contributed by atoms with van der Waals surface area (Å²) in [6.07, 6.45) is 0.750. The minimum Gasteiger partial charge on any atom is -0.238 e. The highest BCUT2D eigenvalue weighted by Gasteiger charge is 2.08. The Labute approximate surface area is 78.0 Å². The Morgan fingerprint density at radius 2 is 2.15 bits per heavy atom. The van der Waals surface area contributed by atoms with Crippen molar-refractivity contribution in [2.24, 2.45) is 0 Å². The molecule has 1 heterocycles. The van der Waals surface area contributed by atoms with E-state index in [0.29, 0.717) is 4.70 Å². The molecule has 0 amide bonds. The largest absolute Gasteiger partial charge is 0.238 e. The summed E-state index contributed by atoms with van der Waals surface area (Å²) in [7, 11) is 0. The van der Waals surface area contributed by atoms with Crippen LogP contribution in [0.2, 0.25) is 0 Å². The number of hydrogen-bond donors (Lipinski definition) is 0. The SMILES string of the molecule is CCc1nc2c(F)cc(F)cc2s1. The molecule has 1 aromatic carbocycles. The van der Waals surface area contributed by atoms with E-state index in [1.165, 1.54) is 17.4 Å². The first-order chi connectivity index (χ1) is 6.20. The Hall–Kier alpha value is -1.03. The molecule has 0 bridgehead atoms. The highest BCUT2D eigenvalue weighted by atomic mass is 32.1. The van der Waals surface area contributed by atoms with Crippen LogP contribution < -0.4 is 0 Å². The van der Waals surface area contributed by atoms with Crippen LogP contribution in [0.4, 0.5) is 8.78 Å². The molecule has 0 atom stereocenters. The molecule has 4 heteroatoms. The Kier molecular flexibility index (Phi) is 2.00. The number of halogens is 2. The van der Waals surface area contributed by atoms with E-state index in [1.807, 2.05) is 6.92 Å². The van der Waals surface area contributed by atoms with Crippen molar-refractivity contribution in [3.8, 4) is 0 Å². The topological polar surface area (TPSA) is 12.9 Å². The molecule has 0 N–H and O–H groups in total. The van der Waals surface area contributed by atoms with Crippen molar-refractivity contribution < 1.29 is 8.78 Å². The summed E-state index contributed by atoms with van der Waals surface area (Å²) in [6, 6.07) is 2.18. The smallest absolute Gasteiger partial charge is 0.153 e. The van der Waals surface area contributed by atoms with Gasteiger partial charge in [-0.05, 0) is 12.5 Å². The molecule has 0 spiro atoms. The fourth-order valence-electron chi connectivity index (χ4n) is 1.15. The van der Waals surface area contributed by atoms with Gasteiger partial charge in [0.05, 0.1) is 9.71 Å². The van der Waals surface area contributed by atoms with Crippen LogP contribution >= 0.6 is 11.3 Å². The number of thiazole rings is 1. The van der Waals surface area contributed by atoms with Crippen molar-refractivity contribution >= 4 is 21.6 Å². The summed E-state index contributed by atoms with van der Waals surface area (Å²) >= 11 is 1.33. The normalized spacial score (nSPS) is 11.0. The lowest BCUT2D eigenvalue weighted by Crippen LogP contribution is -1.81. The zero-order chi connectivity index (χ0) is 9.42. The Bertz CT molecular complexity index is 450. The van der Waals surface area contributed by atoms with Gasteiger partial charge in [0, 0.05) is 6.07 Å². The Morgan fingerprint density at radius 3 is 2.85 bits per heavy atom. The molecule has 1 nitrogen and oxygen atoms in total. The lowest BCUT2D eigenvalue weighted by molar-refractivity contribution is 0.591. The van der Waals surface area contributed by atoms with Crippen LogP contribution in [0.15, 0.2) is 12.1 Å². The highest BCUT2D eigenvalue weighted by molar-refractivity contribution is 7.18. The minimum absolute atomic E-state index is 0.281. The first-order valence-corrected chi connectivity index (χ1v) is 4.77. The zero-order valence-electron chi connectivity index (χ0n) is 6.97. The third-order valence-corrected chi connectivity index (χ3v) is 2.91. The van der Waals surface area contributed by atoms with E-state index in [2.05, 4.69) is 4.98 Å². The van der Waals surface area contributed by atoms with Gasteiger partial charge in [-0.3, -0.25) is 0 Å². The molecule has 0 unspecified atom stereocenters. The van der Waals surface area contributed by atoms with Gasteiger partial charge in [0.2, 0.25) is 0 Å². The van der Waals surface area contributed by atoms with Crippen LogP contribution in [-0.2, 0) is 6.42 Å². The summed E-state index contributed by atoms with van der Waals surface area (Å²) in [4.78, 5) is 4.05. The number of nitrogens with zero attached hydrogens (tertiary/aromatic N) is 1. The number of benzene rings is 1. The predicted molar refractivity (Wildman–Crippen MR) is 48.9 cm³/mol. The minimum atomic E-state index is -0.578. The van der Waals surface area contributed by atoms with E-state index in [9.17, 15) is 8.78 Å². The van der Waals surface area contributed by atoms with E-state index in [4.69, 9.17) is 0 Å². The van der Waals surface area contributed by atoms with Gasteiger partial charge >= 0.3 is 0 Å².